The van der Waals surface area contributed by atoms with Gasteiger partial charge < -0.3 is 30.3 Å². The summed E-state index contributed by atoms with van der Waals surface area (Å²) in [7, 11) is 1.56. The number of H-pyrrole nitrogens is 1. The number of methoxy groups -OCH3 is 1. The van der Waals surface area contributed by atoms with Crippen LogP contribution >= 0.6 is 0 Å². The monoisotopic (exact) mass is 691 g/mol. The Balaban J connectivity index is 1.21. The predicted molar refractivity (Wildman–Crippen MR) is 185 cm³/mol. The second-order valence-electron chi connectivity index (χ2n) is 13.4. The van der Waals surface area contributed by atoms with Crippen LogP contribution in [0.2, 0.25) is 0 Å². The highest BCUT2D eigenvalue weighted by molar-refractivity contribution is 5.86. The average Bonchev–Trinajstić information content (AvgIpc) is 3.70. The van der Waals surface area contributed by atoms with E-state index in [1.54, 1.807) is 19.4 Å². The van der Waals surface area contributed by atoms with E-state index in [9.17, 15) is 14.0 Å². The van der Waals surface area contributed by atoms with Crippen molar-refractivity contribution in [1.29, 1.82) is 0 Å². The maximum Gasteiger partial charge on any atom is 0.407 e. The molecule has 4 aromatic rings. The summed E-state index contributed by atoms with van der Waals surface area (Å²) in [5.74, 6) is 1.60. The van der Waals surface area contributed by atoms with Gasteiger partial charge in [-0.25, -0.2) is 23.8 Å². The molecule has 0 saturated carbocycles. The fourth-order valence-electron chi connectivity index (χ4n) is 5.58. The molecule has 1 atom stereocenters. The number of aryl methyl sites for hydroxylation is 2. The van der Waals surface area contributed by atoms with Crippen LogP contribution in [0.1, 0.15) is 76.4 Å². The van der Waals surface area contributed by atoms with E-state index in [4.69, 9.17) is 19.4 Å². The van der Waals surface area contributed by atoms with Crippen molar-refractivity contribution in [2.24, 2.45) is 0 Å². The van der Waals surface area contributed by atoms with Gasteiger partial charge in [0.2, 0.25) is 5.95 Å². The molecule has 0 unspecified atom stereocenters. The van der Waals surface area contributed by atoms with Gasteiger partial charge in [0.25, 0.3) is 5.91 Å². The predicted octanol–water partition coefficient (Wildman–Crippen LogP) is 4.68. The van der Waals surface area contributed by atoms with Crippen molar-refractivity contribution < 1.29 is 23.5 Å². The summed E-state index contributed by atoms with van der Waals surface area (Å²) >= 11 is 0. The maximum absolute atomic E-state index is 13.6. The third-order valence-electron chi connectivity index (χ3n) is 8.32. The Kier molecular flexibility index (Phi) is 11.3. The Morgan fingerprint density at radius 3 is 2.50 bits per heavy atom. The zero-order valence-electron chi connectivity index (χ0n) is 29.4. The van der Waals surface area contributed by atoms with Crippen molar-refractivity contribution in [3.8, 4) is 5.82 Å². The first kappa shape index (κ1) is 36.2. The van der Waals surface area contributed by atoms with Gasteiger partial charge in [-0.05, 0) is 65.5 Å². The first-order chi connectivity index (χ1) is 23.8. The minimum Gasteiger partial charge on any atom is -0.444 e. The topological polar surface area (TPSA) is 177 Å². The van der Waals surface area contributed by atoms with Crippen LogP contribution in [-0.4, -0.2) is 84.9 Å². The van der Waals surface area contributed by atoms with E-state index in [0.29, 0.717) is 62.3 Å². The molecule has 0 radical (unpaired) electrons. The molecule has 5 rings (SSSR count). The van der Waals surface area contributed by atoms with Crippen LogP contribution in [0.15, 0.2) is 42.9 Å². The fourth-order valence-corrected chi connectivity index (χ4v) is 5.58. The summed E-state index contributed by atoms with van der Waals surface area (Å²) in [4.78, 5) is 41.7. The van der Waals surface area contributed by atoms with E-state index < -0.39 is 23.1 Å². The lowest BCUT2D eigenvalue weighted by molar-refractivity contribution is -0.146. The summed E-state index contributed by atoms with van der Waals surface area (Å²) in [6, 6.07) is 7.00. The number of amides is 2. The second kappa shape index (κ2) is 15.6. The third kappa shape index (κ3) is 9.52. The van der Waals surface area contributed by atoms with E-state index in [0.717, 1.165) is 36.0 Å². The lowest BCUT2D eigenvalue weighted by Crippen LogP contribution is -2.55. The summed E-state index contributed by atoms with van der Waals surface area (Å²) in [5.41, 5.74) is 0.967. The molecule has 0 bridgehead atoms. The number of carbonyl (C=O) groups is 2. The van der Waals surface area contributed by atoms with Gasteiger partial charge in [0, 0.05) is 69.3 Å². The van der Waals surface area contributed by atoms with E-state index in [1.807, 2.05) is 52.8 Å². The SMILES string of the molecule is COC1(C(=O)N[C@@H](C)c2ccc(-n3cc(F)cn3)nc2)CCN(c2nc(CCCCNC(=O)OC(C)(C)C)cc(Nc3cc(C)[nH]n3)n2)CC1. The number of alkyl carbamates (subject to hydrolysis) is 1. The Morgan fingerprint density at radius 2 is 1.88 bits per heavy atom. The minimum atomic E-state index is -1.03. The number of aromatic nitrogens is 7. The number of ether oxygens (including phenoxy) is 2. The number of rotatable bonds is 13. The Hall–Kier alpha value is -5.12. The number of anilines is 3. The summed E-state index contributed by atoms with van der Waals surface area (Å²) in [6.45, 7) is 10.8. The van der Waals surface area contributed by atoms with Gasteiger partial charge in [-0.3, -0.25) is 9.89 Å². The van der Waals surface area contributed by atoms with E-state index in [-0.39, 0.29) is 11.9 Å². The van der Waals surface area contributed by atoms with Crippen LogP contribution < -0.4 is 20.9 Å². The Labute approximate surface area is 290 Å². The normalized spacial score (nSPS) is 15.0. The lowest BCUT2D eigenvalue weighted by Gasteiger charge is -2.40. The number of piperidine rings is 1. The number of halogens is 1. The molecule has 4 aromatic heterocycles. The van der Waals surface area contributed by atoms with Crippen LogP contribution in [-0.2, 0) is 20.7 Å². The van der Waals surface area contributed by atoms with E-state index >= 15 is 0 Å². The van der Waals surface area contributed by atoms with Crippen molar-refractivity contribution in [2.45, 2.75) is 84.0 Å². The number of hydrogen-bond donors (Lipinski definition) is 4. The van der Waals surface area contributed by atoms with Gasteiger partial charge in [0.05, 0.1) is 18.4 Å². The number of nitrogens with zero attached hydrogens (tertiary/aromatic N) is 7. The second-order valence-corrected chi connectivity index (χ2v) is 13.4. The van der Waals surface area contributed by atoms with Crippen molar-refractivity contribution >= 4 is 29.6 Å². The molecule has 16 heteroatoms. The van der Waals surface area contributed by atoms with Gasteiger partial charge in [0.1, 0.15) is 17.0 Å². The molecule has 0 aromatic carbocycles. The summed E-state index contributed by atoms with van der Waals surface area (Å²) in [6.07, 6.45) is 6.63. The van der Waals surface area contributed by atoms with Gasteiger partial charge in [-0.15, -0.1) is 0 Å². The number of aromatic amines is 1. The molecule has 1 fully saturated rings. The molecule has 1 aliphatic rings. The Bertz CT molecular complexity index is 1740. The lowest BCUT2D eigenvalue weighted by atomic mass is 9.89. The van der Waals surface area contributed by atoms with Crippen LogP contribution in [0.4, 0.5) is 26.8 Å². The van der Waals surface area contributed by atoms with Crippen molar-refractivity contribution in [3.63, 3.8) is 0 Å². The van der Waals surface area contributed by atoms with Crippen molar-refractivity contribution in [2.75, 3.05) is 37.0 Å². The molecule has 0 spiro atoms. The third-order valence-corrected chi connectivity index (χ3v) is 8.32. The van der Waals surface area contributed by atoms with E-state index in [2.05, 4.69) is 41.1 Å². The highest BCUT2D eigenvalue weighted by Gasteiger charge is 2.42. The molecule has 50 heavy (non-hydrogen) atoms. The minimum absolute atomic E-state index is 0.212. The molecular formula is C34H46FN11O4. The molecule has 1 aliphatic heterocycles. The molecule has 2 amide bonds. The Morgan fingerprint density at radius 1 is 1.10 bits per heavy atom. The highest BCUT2D eigenvalue weighted by atomic mass is 19.1. The standard InChI is InChI=1S/C34H46FN11O4/c1-22-17-28(44-43-22)41-27-18-26(9-7-8-14-36-32(48)50-33(3,4)5)40-31(42-27)45-15-12-34(49-6,13-16-45)30(47)39-23(2)24-10-11-29(37-19-24)46-21-25(35)20-38-46/h10-11,17-21,23H,7-9,12-16H2,1-6H3,(H,36,48)(H,39,47)(H2,40,41,42,43,44)/t23-/m0/s1. The molecular weight excluding hydrogens is 645 g/mol. The van der Waals surface area contributed by atoms with Crippen LogP contribution in [0, 0.1) is 12.7 Å². The number of hydrogen-bond acceptors (Lipinski definition) is 11. The zero-order valence-corrected chi connectivity index (χ0v) is 29.4. The molecule has 4 N–H and O–H groups in total. The van der Waals surface area contributed by atoms with Gasteiger partial charge in [-0.1, -0.05) is 6.07 Å². The van der Waals surface area contributed by atoms with Crippen LogP contribution in [0.3, 0.4) is 0 Å². The van der Waals surface area contributed by atoms with Gasteiger partial charge >= 0.3 is 6.09 Å². The van der Waals surface area contributed by atoms with Gasteiger partial charge in [0.15, 0.2) is 17.5 Å². The zero-order chi connectivity index (χ0) is 35.9. The molecule has 268 valence electrons. The van der Waals surface area contributed by atoms with Crippen molar-refractivity contribution in [1.82, 2.24) is 45.6 Å². The average molecular weight is 692 g/mol. The first-order valence-electron chi connectivity index (χ1n) is 16.7. The molecule has 1 saturated heterocycles. The summed E-state index contributed by atoms with van der Waals surface area (Å²) in [5, 5.41) is 20.3. The van der Waals surface area contributed by atoms with Gasteiger partial charge in [-0.2, -0.15) is 15.2 Å². The first-order valence-corrected chi connectivity index (χ1v) is 16.7. The molecule has 15 nitrogen and oxygen atoms in total. The fraction of sp³-hybridized carbons (Fsp3) is 0.500. The number of nitrogens with one attached hydrogen (secondary N) is 4. The number of unbranched alkanes of at least 4 members (excludes halogenated alkanes) is 1. The number of pyridine rings is 1. The summed E-state index contributed by atoms with van der Waals surface area (Å²) < 4.78 is 25.9. The number of carbonyl (C=O) groups excluding carboxylic acids is 2. The molecule has 0 aliphatic carbocycles. The smallest absolute Gasteiger partial charge is 0.407 e. The largest absolute Gasteiger partial charge is 0.444 e. The van der Waals surface area contributed by atoms with Crippen LogP contribution in [0.25, 0.3) is 5.82 Å². The van der Waals surface area contributed by atoms with E-state index in [1.165, 1.54) is 10.9 Å². The van der Waals surface area contributed by atoms with Crippen molar-refractivity contribution in [3.05, 3.63) is 65.6 Å². The van der Waals surface area contributed by atoms with Crippen LogP contribution in [0.5, 0.6) is 0 Å². The quantitative estimate of drug-likeness (QED) is 0.143. The molecule has 5 heterocycles. The maximum atomic E-state index is 13.6. The highest BCUT2D eigenvalue weighted by Crippen LogP contribution is 2.30.